The largest absolute Gasteiger partial charge is 0.349 e. The van der Waals surface area contributed by atoms with Gasteiger partial charge in [-0.05, 0) is 12.6 Å². The Morgan fingerprint density at radius 2 is 2.60 bits per heavy atom. The standard InChI is InChI=1S/C7H12N3/c1-2-6-10(5-1)7-8-3-4-9-7/h1,5,7-8H,2-4,6H2. The Balaban J connectivity index is 1.91. The topological polar surface area (TPSA) is 29.4 Å². The third-order valence-electron chi connectivity index (χ3n) is 1.91. The minimum atomic E-state index is 0.277. The summed E-state index contributed by atoms with van der Waals surface area (Å²) >= 11 is 0. The quantitative estimate of drug-likeness (QED) is 0.539. The highest BCUT2D eigenvalue weighted by atomic mass is 15.4. The molecule has 0 aromatic carbocycles. The number of rotatable bonds is 1. The maximum Gasteiger partial charge on any atom is 0.150 e. The van der Waals surface area contributed by atoms with Gasteiger partial charge in [0.2, 0.25) is 0 Å². The lowest BCUT2D eigenvalue weighted by atomic mass is 10.5. The van der Waals surface area contributed by atoms with Crippen molar-refractivity contribution >= 4 is 0 Å². The van der Waals surface area contributed by atoms with E-state index in [1.165, 1.54) is 6.42 Å². The van der Waals surface area contributed by atoms with Gasteiger partial charge in [0.25, 0.3) is 0 Å². The zero-order valence-electron chi connectivity index (χ0n) is 5.95. The predicted octanol–water partition coefficient (Wildman–Crippen LogP) is -0.303. The van der Waals surface area contributed by atoms with Crippen molar-refractivity contribution < 1.29 is 0 Å². The lowest BCUT2D eigenvalue weighted by Crippen LogP contribution is -2.41. The molecule has 1 fully saturated rings. The summed E-state index contributed by atoms with van der Waals surface area (Å²) in [5.41, 5.74) is 0. The summed E-state index contributed by atoms with van der Waals surface area (Å²) in [6, 6.07) is 0. The molecule has 55 valence electrons. The fourth-order valence-corrected chi connectivity index (χ4v) is 1.38. The summed E-state index contributed by atoms with van der Waals surface area (Å²) in [6.07, 6.45) is 5.77. The van der Waals surface area contributed by atoms with Crippen molar-refractivity contribution in [3.05, 3.63) is 12.3 Å². The first-order valence-corrected chi connectivity index (χ1v) is 3.79. The van der Waals surface area contributed by atoms with Gasteiger partial charge in [0.05, 0.1) is 0 Å². The molecule has 10 heavy (non-hydrogen) atoms. The Hall–Kier alpha value is -0.540. The van der Waals surface area contributed by atoms with Crippen LogP contribution in [0.15, 0.2) is 12.3 Å². The second-order valence-corrected chi connectivity index (χ2v) is 2.65. The molecular formula is C7H12N3. The minimum Gasteiger partial charge on any atom is -0.349 e. The highest BCUT2D eigenvalue weighted by Gasteiger charge is 2.20. The van der Waals surface area contributed by atoms with Crippen LogP contribution < -0.4 is 10.6 Å². The van der Waals surface area contributed by atoms with E-state index < -0.39 is 0 Å². The van der Waals surface area contributed by atoms with Crippen molar-refractivity contribution in [2.24, 2.45) is 0 Å². The van der Waals surface area contributed by atoms with Gasteiger partial charge in [0.1, 0.15) is 6.29 Å². The Morgan fingerprint density at radius 1 is 1.60 bits per heavy atom. The van der Waals surface area contributed by atoms with E-state index in [0.29, 0.717) is 0 Å². The van der Waals surface area contributed by atoms with E-state index in [-0.39, 0.29) is 6.29 Å². The van der Waals surface area contributed by atoms with Gasteiger partial charge in [-0.2, -0.15) is 0 Å². The predicted molar refractivity (Wildman–Crippen MR) is 39.3 cm³/mol. The Labute approximate surface area is 61.1 Å². The van der Waals surface area contributed by atoms with Gasteiger partial charge >= 0.3 is 0 Å². The first kappa shape index (κ1) is 6.19. The van der Waals surface area contributed by atoms with E-state index in [4.69, 9.17) is 0 Å². The number of nitrogens with one attached hydrogen (secondary N) is 1. The smallest absolute Gasteiger partial charge is 0.150 e. The average Bonchev–Trinajstić information content (AvgIpc) is 2.59. The van der Waals surface area contributed by atoms with Crippen molar-refractivity contribution in [3.63, 3.8) is 0 Å². The zero-order chi connectivity index (χ0) is 6.81. The molecule has 0 aromatic rings. The van der Waals surface area contributed by atoms with Crippen LogP contribution in [0.25, 0.3) is 0 Å². The normalized spacial score (nSPS) is 26.6. The van der Waals surface area contributed by atoms with Crippen molar-refractivity contribution in [2.75, 3.05) is 19.6 Å². The molecule has 0 aliphatic carbocycles. The fourth-order valence-electron chi connectivity index (χ4n) is 1.38. The lowest BCUT2D eigenvalue weighted by molar-refractivity contribution is 0.249. The third kappa shape index (κ3) is 1.02. The van der Waals surface area contributed by atoms with Crippen LogP contribution in [0.2, 0.25) is 0 Å². The highest BCUT2D eigenvalue weighted by molar-refractivity contribution is 4.94. The molecule has 3 nitrogen and oxygen atoms in total. The summed E-state index contributed by atoms with van der Waals surface area (Å²) in [7, 11) is 0. The highest BCUT2D eigenvalue weighted by Crippen LogP contribution is 2.07. The summed E-state index contributed by atoms with van der Waals surface area (Å²) in [6.45, 7) is 3.13. The summed E-state index contributed by atoms with van der Waals surface area (Å²) in [5.74, 6) is 0. The van der Waals surface area contributed by atoms with Crippen LogP contribution >= 0.6 is 0 Å². The van der Waals surface area contributed by atoms with Crippen LogP contribution in [0.1, 0.15) is 6.42 Å². The van der Waals surface area contributed by atoms with Crippen molar-refractivity contribution in [1.29, 1.82) is 0 Å². The first-order valence-electron chi connectivity index (χ1n) is 3.79. The molecule has 1 N–H and O–H groups in total. The summed E-state index contributed by atoms with van der Waals surface area (Å²) < 4.78 is 0. The maximum atomic E-state index is 4.38. The first-order chi connectivity index (χ1) is 4.97. The van der Waals surface area contributed by atoms with E-state index in [9.17, 15) is 0 Å². The third-order valence-corrected chi connectivity index (χ3v) is 1.91. The summed E-state index contributed by atoms with van der Waals surface area (Å²) in [4.78, 5) is 2.24. The van der Waals surface area contributed by atoms with Crippen molar-refractivity contribution in [2.45, 2.75) is 12.7 Å². The molecule has 1 unspecified atom stereocenters. The van der Waals surface area contributed by atoms with Crippen molar-refractivity contribution in [3.8, 4) is 0 Å². The van der Waals surface area contributed by atoms with Crippen molar-refractivity contribution in [1.82, 2.24) is 15.5 Å². The van der Waals surface area contributed by atoms with Gasteiger partial charge in [0.15, 0.2) is 0 Å². The van der Waals surface area contributed by atoms with E-state index in [1.54, 1.807) is 0 Å². The maximum absolute atomic E-state index is 4.38. The van der Waals surface area contributed by atoms with Gasteiger partial charge in [-0.3, -0.25) is 5.32 Å². The molecule has 2 aliphatic heterocycles. The van der Waals surface area contributed by atoms with Crippen LogP contribution in [0, 0.1) is 0 Å². The molecule has 0 spiro atoms. The van der Waals surface area contributed by atoms with Crippen LogP contribution in [0.4, 0.5) is 0 Å². The van der Waals surface area contributed by atoms with Crippen LogP contribution in [0.5, 0.6) is 0 Å². The van der Waals surface area contributed by atoms with Crippen LogP contribution in [0.3, 0.4) is 0 Å². The molecular weight excluding hydrogens is 126 g/mol. The SMILES string of the molecule is C1=CN(C2[N]CCN2)CC1. The second-order valence-electron chi connectivity index (χ2n) is 2.65. The zero-order valence-corrected chi connectivity index (χ0v) is 5.95. The molecule has 0 bridgehead atoms. The number of nitrogens with zero attached hydrogens (tertiary/aromatic N) is 2. The Bertz CT molecular complexity index is 138. The number of hydrogen-bond acceptors (Lipinski definition) is 2. The van der Waals surface area contributed by atoms with Crippen LogP contribution in [-0.2, 0) is 0 Å². The summed E-state index contributed by atoms with van der Waals surface area (Å²) in [5, 5.41) is 7.69. The molecule has 0 saturated carbocycles. The van der Waals surface area contributed by atoms with E-state index in [1.807, 2.05) is 0 Å². The molecule has 0 amide bonds. The lowest BCUT2D eigenvalue weighted by Gasteiger charge is -2.22. The fraction of sp³-hybridized carbons (Fsp3) is 0.714. The van der Waals surface area contributed by atoms with Gasteiger partial charge in [-0.25, -0.2) is 5.32 Å². The molecule has 1 atom stereocenters. The Kier molecular flexibility index (Phi) is 1.61. The van der Waals surface area contributed by atoms with E-state index in [2.05, 4.69) is 27.8 Å². The average molecular weight is 138 g/mol. The molecule has 2 heterocycles. The number of hydrogen-bond donors (Lipinski definition) is 1. The minimum absolute atomic E-state index is 0.277. The van der Waals surface area contributed by atoms with Gasteiger partial charge < -0.3 is 4.90 Å². The van der Waals surface area contributed by atoms with Crippen LogP contribution in [-0.4, -0.2) is 30.8 Å². The monoisotopic (exact) mass is 138 g/mol. The van der Waals surface area contributed by atoms with E-state index in [0.717, 1.165) is 19.6 Å². The molecule has 3 heteroatoms. The molecule has 0 aromatic heterocycles. The molecule has 2 aliphatic rings. The second kappa shape index (κ2) is 2.60. The van der Waals surface area contributed by atoms with Gasteiger partial charge in [-0.15, -0.1) is 0 Å². The van der Waals surface area contributed by atoms with E-state index >= 15 is 0 Å². The Morgan fingerprint density at radius 3 is 3.20 bits per heavy atom. The van der Waals surface area contributed by atoms with Gasteiger partial charge in [-0.1, -0.05) is 6.08 Å². The molecule has 2 rings (SSSR count). The molecule has 1 saturated heterocycles. The molecule has 1 radical (unpaired) electrons. The van der Waals surface area contributed by atoms with Gasteiger partial charge in [0, 0.05) is 19.6 Å².